The molecule has 7 heteroatoms. The Morgan fingerprint density at radius 3 is 2.52 bits per heavy atom. The van der Waals surface area contributed by atoms with E-state index in [1.807, 2.05) is 6.92 Å². The first kappa shape index (κ1) is 22.4. The second-order valence-electron chi connectivity index (χ2n) is 5.73. The third-order valence-electron chi connectivity index (χ3n) is 4.28. The lowest BCUT2D eigenvalue weighted by atomic mass is 9.94. The number of nitrogens with one attached hydrogen (secondary N) is 1. The Balaban J connectivity index is 0.00000242. The Kier molecular flexibility index (Phi) is 10.8. The maximum atomic E-state index is 10.5. The number of piperazine rings is 1. The van der Waals surface area contributed by atoms with Gasteiger partial charge in [0.15, 0.2) is 0 Å². The van der Waals surface area contributed by atoms with Gasteiger partial charge in [0.1, 0.15) is 5.75 Å². The molecular formula is C16H29Cl2N3O2. The van der Waals surface area contributed by atoms with E-state index in [1.54, 1.807) is 6.20 Å². The number of aryl methyl sites for hydroxylation is 1. The minimum atomic E-state index is -0.0785. The van der Waals surface area contributed by atoms with Crippen LogP contribution in [0, 0.1) is 6.92 Å². The molecule has 1 aromatic heterocycles. The van der Waals surface area contributed by atoms with E-state index in [-0.39, 0.29) is 43.2 Å². The van der Waals surface area contributed by atoms with E-state index in [1.165, 1.54) is 0 Å². The van der Waals surface area contributed by atoms with Crippen molar-refractivity contribution < 1.29 is 10.2 Å². The lowest BCUT2D eigenvalue weighted by molar-refractivity contribution is 0.157. The number of nitrogens with zero attached hydrogens (tertiary/aromatic N) is 2. The maximum absolute atomic E-state index is 10.5. The first-order valence-corrected chi connectivity index (χ1v) is 7.92. The summed E-state index contributed by atoms with van der Waals surface area (Å²) in [5, 5.41) is 23.5. The van der Waals surface area contributed by atoms with Gasteiger partial charge in [-0.3, -0.25) is 9.88 Å². The van der Waals surface area contributed by atoms with E-state index in [0.29, 0.717) is 5.69 Å². The highest BCUT2D eigenvalue weighted by Gasteiger charge is 2.27. The molecule has 1 aliphatic rings. The van der Waals surface area contributed by atoms with Gasteiger partial charge in [-0.1, -0.05) is 19.8 Å². The van der Waals surface area contributed by atoms with Crippen LogP contribution in [0.1, 0.15) is 49.0 Å². The van der Waals surface area contributed by atoms with Crippen LogP contribution >= 0.6 is 24.8 Å². The molecule has 1 aromatic rings. The minimum Gasteiger partial charge on any atom is -0.506 e. The average Bonchev–Trinajstić information content (AvgIpc) is 2.52. The fraction of sp³-hybridized carbons (Fsp3) is 0.688. The molecule has 2 heterocycles. The molecule has 0 bridgehead atoms. The van der Waals surface area contributed by atoms with Crippen LogP contribution < -0.4 is 5.32 Å². The van der Waals surface area contributed by atoms with Gasteiger partial charge >= 0.3 is 0 Å². The van der Waals surface area contributed by atoms with Gasteiger partial charge in [0.25, 0.3) is 0 Å². The Labute approximate surface area is 151 Å². The number of aromatic hydroxyl groups is 1. The highest BCUT2D eigenvalue weighted by molar-refractivity contribution is 5.85. The van der Waals surface area contributed by atoms with Crippen LogP contribution in [-0.2, 0) is 6.61 Å². The number of aliphatic hydroxyl groups excluding tert-OH is 1. The molecule has 5 nitrogen and oxygen atoms in total. The summed E-state index contributed by atoms with van der Waals surface area (Å²) in [7, 11) is 0. The number of hydrogen-bond donors (Lipinski definition) is 3. The zero-order valence-electron chi connectivity index (χ0n) is 13.9. The van der Waals surface area contributed by atoms with E-state index in [0.717, 1.165) is 56.6 Å². The lowest BCUT2D eigenvalue weighted by Gasteiger charge is -2.36. The van der Waals surface area contributed by atoms with Crippen molar-refractivity contribution >= 4 is 24.8 Å². The molecule has 0 aromatic carbocycles. The summed E-state index contributed by atoms with van der Waals surface area (Å²) < 4.78 is 0. The summed E-state index contributed by atoms with van der Waals surface area (Å²) in [6.45, 7) is 7.81. The lowest BCUT2D eigenvalue weighted by Crippen LogP contribution is -2.45. The molecule has 3 N–H and O–H groups in total. The first-order valence-electron chi connectivity index (χ1n) is 7.92. The molecule has 1 atom stereocenters. The monoisotopic (exact) mass is 365 g/mol. The quantitative estimate of drug-likeness (QED) is 0.722. The van der Waals surface area contributed by atoms with Crippen LogP contribution in [0.3, 0.4) is 0 Å². The second-order valence-corrected chi connectivity index (χ2v) is 5.73. The van der Waals surface area contributed by atoms with Crippen molar-refractivity contribution in [3.8, 4) is 5.75 Å². The molecule has 0 saturated carbocycles. The van der Waals surface area contributed by atoms with Crippen LogP contribution in [0.25, 0.3) is 0 Å². The second kappa shape index (κ2) is 11.0. The third-order valence-corrected chi connectivity index (χ3v) is 4.28. The fourth-order valence-electron chi connectivity index (χ4n) is 3.05. The smallest absolute Gasteiger partial charge is 0.141 e. The Hall–Kier alpha value is -0.590. The fourth-order valence-corrected chi connectivity index (χ4v) is 3.05. The van der Waals surface area contributed by atoms with Crippen molar-refractivity contribution in [3.05, 3.63) is 23.0 Å². The molecule has 1 fully saturated rings. The van der Waals surface area contributed by atoms with Gasteiger partial charge in [0.05, 0.1) is 12.3 Å². The van der Waals surface area contributed by atoms with Crippen LogP contribution in [-0.4, -0.2) is 46.3 Å². The molecule has 2 rings (SSSR count). The number of unbranched alkanes of at least 4 members (excludes halogenated alkanes) is 1. The summed E-state index contributed by atoms with van der Waals surface area (Å²) in [5.74, 6) is 0.251. The van der Waals surface area contributed by atoms with E-state index in [2.05, 4.69) is 22.1 Å². The van der Waals surface area contributed by atoms with E-state index < -0.39 is 0 Å². The average molecular weight is 366 g/mol. The normalized spacial score (nSPS) is 16.3. The molecule has 1 aliphatic heterocycles. The third kappa shape index (κ3) is 5.47. The van der Waals surface area contributed by atoms with Crippen molar-refractivity contribution in [2.45, 2.75) is 45.8 Å². The largest absolute Gasteiger partial charge is 0.506 e. The standard InChI is InChI=1S/C16H27N3O2.2ClH/c1-3-4-5-14(19-8-6-17-7-9-19)15-13(11-20)10-18-12(2)16(15)21;;/h10,14,17,20-21H,3-9,11H2,1-2H3;2*1H/t14-;;/m0../s1. The summed E-state index contributed by atoms with van der Waals surface area (Å²) >= 11 is 0. The molecule has 0 aliphatic carbocycles. The Morgan fingerprint density at radius 2 is 1.96 bits per heavy atom. The van der Waals surface area contributed by atoms with E-state index >= 15 is 0 Å². The molecule has 0 unspecified atom stereocenters. The van der Waals surface area contributed by atoms with Crippen molar-refractivity contribution in [3.63, 3.8) is 0 Å². The van der Waals surface area contributed by atoms with Gasteiger partial charge in [0, 0.05) is 49.5 Å². The SMILES string of the molecule is CCCC[C@@H](c1c(CO)cnc(C)c1O)N1CCNCC1.Cl.Cl. The number of rotatable bonds is 6. The Morgan fingerprint density at radius 1 is 1.30 bits per heavy atom. The van der Waals surface area contributed by atoms with Crippen molar-refractivity contribution in [1.29, 1.82) is 0 Å². The summed E-state index contributed by atoms with van der Waals surface area (Å²) in [6, 6.07) is 0.163. The number of aliphatic hydroxyl groups is 1. The van der Waals surface area contributed by atoms with Crippen LogP contribution in [0.2, 0.25) is 0 Å². The van der Waals surface area contributed by atoms with Crippen LogP contribution in [0.4, 0.5) is 0 Å². The summed E-state index contributed by atoms with van der Waals surface area (Å²) in [4.78, 5) is 6.59. The summed E-state index contributed by atoms with van der Waals surface area (Å²) in [6.07, 6.45) is 4.94. The molecule has 23 heavy (non-hydrogen) atoms. The number of halogens is 2. The summed E-state index contributed by atoms with van der Waals surface area (Å²) in [5.41, 5.74) is 2.26. The molecule has 0 amide bonds. The van der Waals surface area contributed by atoms with Crippen LogP contribution in [0.15, 0.2) is 6.20 Å². The minimum absolute atomic E-state index is 0. The first-order chi connectivity index (χ1) is 10.2. The van der Waals surface area contributed by atoms with Crippen molar-refractivity contribution in [2.75, 3.05) is 26.2 Å². The van der Waals surface area contributed by atoms with Gasteiger partial charge in [-0.2, -0.15) is 0 Å². The van der Waals surface area contributed by atoms with Gasteiger partial charge in [-0.05, 0) is 13.3 Å². The predicted molar refractivity (Wildman–Crippen MR) is 97.8 cm³/mol. The molecule has 0 radical (unpaired) electrons. The highest BCUT2D eigenvalue weighted by atomic mass is 35.5. The van der Waals surface area contributed by atoms with E-state index in [4.69, 9.17) is 0 Å². The van der Waals surface area contributed by atoms with Gasteiger partial charge in [-0.15, -0.1) is 24.8 Å². The zero-order chi connectivity index (χ0) is 15.2. The van der Waals surface area contributed by atoms with Crippen molar-refractivity contribution in [1.82, 2.24) is 15.2 Å². The molecular weight excluding hydrogens is 337 g/mol. The molecule has 0 spiro atoms. The zero-order valence-corrected chi connectivity index (χ0v) is 15.5. The van der Waals surface area contributed by atoms with Gasteiger partial charge in [-0.25, -0.2) is 0 Å². The van der Waals surface area contributed by atoms with Crippen LogP contribution in [0.5, 0.6) is 5.75 Å². The van der Waals surface area contributed by atoms with Gasteiger partial charge < -0.3 is 15.5 Å². The maximum Gasteiger partial charge on any atom is 0.141 e. The molecule has 134 valence electrons. The Bertz CT molecular complexity index is 469. The van der Waals surface area contributed by atoms with Crippen molar-refractivity contribution in [2.24, 2.45) is 0 Å². The number of hydrogen-bond acceptors (Lipinski definition) is 5. The highest BCUT2D eigenvalue weighted by Crippen LogP contribution is 2.36. The van der Waals surface area contributed by atoms with E-state index in [9.17, 15) is 10.2 Å². The topological polar surface area (TPSA) is 68.6 Å². The van der Waals surface area contributed by atoms with Gasteiger partial charge in [0.2, 0.25) is 0 Å². The number of aromatic nitrogens is 1. The molecule has 1 saturated heterocycles. The number of pyridine rings is 1. The predicted octanol–water partition coefficient (Wildman–Crippen LogP) is 2.57.